The molecule has 26 heavy (non-hydrogen) atoms. The van der Waals surface area contributed by atoms with Crippen molar-refractivity contribution in [3.05, 3.63) is 18.2 Å². The Morgan fingerprint density at radius 3 is 2.85 bits per heavy atom. The minimum absolute atomic E-state index is 0.223. The summed E-state index contributed by atoms with van der Waals surface area (Å²) in [6, 6.07) is 0.782. The molecule has 0 aromatic carbocycles. The van der Waals surface area contributed by atoms with Gasteiger partial charge in [0.25, 0.3) is 0 Å². The predicted octanol–water partition coefficient (Wildman–Crippen LogP) is -0.446. The summed E-state index contributed by atoms with van der Waals surface area (Å²) >= 11 is 0. The van der Waals surface area contributed by atoms with E-state index in [0.29, 0.717) is 44.9 Å². The van der Waals surface area contributed by atoms with E-state index in [1.54, 1.807) is 0 Å². The second-order valence-electron chi connectivity index (χ2n) is 7.31. The van der Waals surface area contributed by atoms with Gasteiger partial charge in [0.1, 0.15) is 5.82 Å². The van der Waals surface area contributed by atoms with Crippen LogP contribution in [0.2, 0.25) is 0 Å². The van der Waals surface area contributed by atoms with Crippen molar-refractivity contribution in [2.45, 2.75) is 25.4 Å². The highest BCUT2D eigenvalue weighted by molar-refractivity contribution is 5.78. The van der Waals surface area contributed by atoms with Crippen LogP contribution in [0.1, 0.15) is 12.2 Å². The Labute approximate surface area is 151 Å². The van der Waals surface area contributed by atoms with E-state index in [9.17, 15) is 4.79 Å². The fraction of sp³-hybridized carbons (Fsp3) is 0.647. The lowest BCUT2D eigenvalue weighted by atomic mass is 10.2. The first kappa shape index (κ1) is 16.0. The van der Waals surface area contributed by atoms with Crippen LogP contribution in [0.3, 0.4) is 0 Å². The third kappa shape index (κ3) is 2.53. The Morgan fingerprint density at radius 2 is 2.08 bits per heavy atom. The van der Waals surface area contributed by atoms with Gasteiger partial charge in [-0.1, -0.05) is 0 Å². The molecule has 3 saturated heterocycles. The number of hydrogen-bond donors (Lipinski definition) is 0. The van der Waals surface area contributed by atoms with Crippen LogP contribution >= 0.6 is 0 Å². The van der Waals surface area contributed by atoms with E-state index in [0.717, 1.165) is 36.8 Å². The van der Waals surface area contributed by atoms with Crippen LogP contribution < -0.4 is 4.90 Å². The van der Waals surface area contributed by atoms with Crippen LogP contribution in [0, 0.1) is 6.92 Å². The molecule has 9 heteroatoms. The molecule has 1 amide bonds. The lowest BCUT2D eigenvalue weighted by Crippen LogP contribution is -2.51. The van der Waals surface area contributed by atoms with Crippen molar-refractivity contribution in [2.24, 2.45) is 0 Å². The summed E-state index contributed by atoms with van der Waals surface area (Å²) in [6.07, 6.45) is 4.78. The molecule has 0 saturated carbocycles. The normalized spacial score (nSPS) is 26.2. The maximum absolute atomic E-state index is 12.5. The number of likely N-dealkylation sites (tertiary alicyclic amines) is 1. The summed E-state index contributed by atoms with van der Waals surface area (Å²) in [5, 5.41) is 8.47. The van der Waals surface area contributed by atoms with Gasteiger partial charge in [-0.2, -0.15) is 0 Å². The molecule has 3 aliphatic rings. The molecule has 0 aliphatic carbocycles. The summed E-state index contributed by atoms with van der Waals surface area (Å²) in [5.74, 6) is 1.99. The SMILES string of the molecule is Cc1nnc2c(N3CC4CC3CN4CC(=O)N3CCOCC3)nccn12. The molecule has 2 aromatic heterocycles. The number of rotatable bonds is 3. The fourth-order valence-corrected chi connectivity index (χ4v) is 4.42. The maximum Gasteiger partial charge on any atom is 0.236 e. The highest BCUT2D eigenvalue weighted by atomic mass is 16.5. The molecule has 0 spiro atoms. The number of ether oxygens (including phenoxy) is 1. The molecule has 2 unspecified atom stereocenters. The van der Waals surface area contributed by atoms with Crippen molar-refractivity contribution in [1.29, 1.82) is 0 Å². The molecular formula is C17H23N7O2. The van der Waals surface area contributed by atoms with Gasteiger partial charge >= 0.3 is 0 Å². The average Bonchev–Trinajstić information content (AvgIpc) is 3.37. The monoisotopic (exact) mass is 357 g/mol. The van der Waals surface area contributed by atoms with Gasteiger partial charge in [-0.25, -0.2) is 4.98 Å². The minimum atomic E-state index is 0.223. The number of aromatic nitrogens is 4. The molecule has 2 atom stereocenters. The first-order valence-corrected chi connectivity index (χ1v) is 9.23. The number of hydrogen-bond acceptors (Lipinski definition) is 7. The molecule has 0 radical (unpaired) electrons. The van der Waals surface area contributed by atoms with Gasteiger partial charge in [-0.15, -0.1) is 10.2 Å². The molecule has 3 fully saturated rings. The topological polar surface area (TPSA) is 79.1 Å². The van der Waals surface area contributed by atoms with E-state index in [-0.39, 0.29) is 5.91 Å². The molecule has 5 heterocycles. The Morgan fingerprint density at radius 1 is 1.23 bits per heavy atom. The maximum atomic E-state index is 12.5. The average molecular weight is 357 g/mol. The summed E-state index contributed by atoms with van der Waals surface area (Å²) in [6.45, 7) is 6.97. The first-order chi connectivity index (χ1) is 12.7. The van der Waals surface area contributed by atoms with E-state index >= 15 is 0 Å². The number of fused-ring (bicyclic) bond motifs is 3. The Hall–Kier alpha value is -2.26. The van der Waals surface area contributed by atoms with Gasteiger partial charge in [0.15, 0.2) is 5.82 Å². The summed E-state index contributed by atoms with van der Waals surface area (Å²) in [7, 11) is 0. The third-order valence-electron chi connectivity index (χ3n) is 5.81. The molecule has 5 rings (SSSR count). The van der Waals surface area contributed by atoms with Crippen LogP contribution in [0.5, 0.6) is 0 Å². The number of morpholine rings is 1. The van der Waals surface area contributed by atoms with E-state index in [2.05, 4.69) is 25.0 Å². The van der Waals surface area contributed by atoms with Gasteiger partial charge in [-0.3, -0.25) is 14.1 Å². The van der Waals surface area contributed by atoms with Gasteiger partial charge in [-0.05, 0) is 13.3 Å². The molecular weight excluding hydrogens is 334 g/mol. The standard InChI is InChI=1S/C17H23N7O2/c1-12-19-20-17-16(18-2-3-23(12)17)24-10-13-8-14(24)9-22(13)11-15(25)21-4-6-26-7-5-21/h2-3,13-14H,4-11H2,1H3. The molecule has 9 nitrogen and oxygen atoms in total. The second kappa shape index (κ2) is 6.17. The number of aryl methyl sites for hydroxylation is 1. The van der Waals surface area contributed by atoms with Crippen LogP contribution in [0.4, 0.5) is 5.82 Å². The highest BCUT2D eigenvalue weighted by Crippen LogP contribution is 2.34. The van der Waals surface area contributed by atoms with Crippen molar-refractivity contribution in [2.75, 3.05) is 50.8 Å². The number of nitrogens with zero attached hydrogens (tertiary/aromatic N) is 7. The van der Waals surface area contributed by atoms with Gasteiger partial charge in [0, 0.05) is 50.7 Å². The third-order valence-corrected chi connectivity index (χ3v) is 5.81. The molecule has 2 bridgehead atoms. The van der Waals surface area contributed by atoms with Crippen molar-refractivity contribution >= 4 is 17.4 Å². The Balaban J connectivity index is 1.29. The zero-order valence-electron chi connectivity index (χ0n) is 14.9. The van der Waals surface area contributed by atoms with Crippen molar-refractivity contribution in [3.8, 4) is 0 Å². The van der Waals surface area contributed by atoms with Crippen molar-refractivity contribution in [1.82, 2.24) is 29.4 Å². The molecule has 3 aliphatic heterocycles. The van der Waals surface area contributed by atoms with E-state index < -0.39 is 0 Å². The zero-order valence-corrected chi connectivity index (χ0v) is 14.9. The quantitative estimate of drug-likeness (QED) is 0.736. The van der Waals surface area contributed by atoms with Crippen LogP contribution in [-0.4, -0.2) is 93.3 Å². The van der Waals surface area contributed by atoms with E-state index in [4.69, 9.17) is 4.74 Å². The van der Waals surface area contributed by atoms with Crippen LogP contribution in [0.15, 0.2) is 12.4 Å². The Kier molecular flexibility index (Phi) is 3.79. The molecule has 2 aromatic rings. The minimum Gasteiger partial charge on any atom is -0.378 e. The second-order valence-corrected chi connectivity index (χ2v) is 7.31. The van der Waals surface area contributed by atoms with Gasteiger partial charge in [0.05, 0.1) is 19.8 Å². The number of anilines is 1. The summed E-state index contributed by atoms with van der Waals surface area (Å²) < 4.78 is 7.32. The van der Waals surface area contributed by atoms with Crippen molar-refractivity contribution in [3.63, 3.8) is 0 Å². The predicted molar refractivity (Wildman–Crippen MR) is 94.0 cm³/mol. The number of amides is 1. The smallest absolute Gasteiger partial charge is 0.236 e. The zero-order chi connectivity index (χ0) is 17.7. The summed E-state index contributed by atoms with van der Waals surface area (Å²) in [4.78, 5) is 23.7. The molecule has 0 N–H and O–H groups in total. The Bertz CT molecular complexity index is 832. The summed E-state index contributed by atoms with van der Waals surface area (Å²) in [5.41, 5.74) is 0.813. The van der Waals surface area contributed by atoms with E-state index in [1.807, 2.05) is 28.6 Å². The van der Waals surface area contributed by atoms with Gasteiger partial charge in [0.2, 0.25) is 11.6 Å². The van der Waals surface area contributed by atoms with Crippen LogP contribution in [0.25, 0.3) is 5.65 Å². The fourth-order valence-electron chi connectivity index (χ4n) is 4.42. The number of piperazine rings is 1. The largest absolute Gasteiger partial charge is 0.378 e. The number of carbonyl (C=O) groups is 1. The number of carbonyl (C=O) groups excluding carboxylic acids is 1. The molecule has 138 valence electrons. The lowest BCUT2D eigenvalue weighted by Gasteiger charge is -2.36. The van der Waals surface area contributed by atoms with Crippen LogP contribution in [-0.2, 0) is 9.53 Å². The highest BCUT2D eigenvalue weighted by Gasteiger charge is 2.45. The van der Waals surface area contributed by atoms with Gasteiger partial charge < -0.3 is 14.5 Å². The van der Waals surface area contributed by atoms with E-state index in [1.165, 1.54) is 0 Å². The lowest BCUT2D eigenvalue weighted by molar-refractivity contribution is -0.136. The first-order valence-electron chi connectivity index (χ1n) is 9.23. The van der Waals surface area contributed by atoms with Crippen molar-refractivity contribution < 1.29 is 9.53 Å².